The highest BCUT2D eigenvalue weighted by atomic mass is 15.1. The van der Waals surface area contributed by atoms with Crippen molar-refractivity contribution in [3.63, 3.8) is 0 Å². The van der Waals surface area contributed by atoms with E-state index in [1.807, 2.05) is 12.4 Å². The van der Waals surface area contributed by atoms with Crippen LogP contribution in [0.1, 0.15) is 45.6 Å². The minimum atomic E-state index is 0.734. The van der Waals surface area contributed by atoms with Gasteiger partial charge in [0.15, 0.2) is 0 Å². The first-order chi connectivity index (χ1) is 9.24. The molecule has 0 saturated heterocycles. The van der Waals surface area contributed by atoms with Gasteiger partial charge in [0.2, 0.25) is 0 Å². The molecular weight excluding hydrogens is 234 g/mol. The molecule has 1 N–H and O–H groups in total. The first-order valence-corrected chi connectivity index (χ1v) is 7.65. The third kappa shape index (κ3) is 4.20. The lowest BCUT2D eigenvalue weighted by atomic mass is 10.1. The van der Waals surface area contributed by atoms with E-state index in [0.717, 1.165) is 31.6 Å². The van der Waals surface area contributed by atoms with E-state index in [1.54, 1.807) is 0 Å². The number of anilines is 1. The first kappa shape index (κ1) is 14.3. The van der Waals surface area contributed by atoms with Crippen molar-refractivity contribution in [1.82, 2.24) is 10.3 Å². The van der Waals surface area contributed by atoms with E-state index < -0.39 is 0 Å². The van der Waals surface area contributed by atoms with Crippen molar-refractivity contribution in [3.05, 3.63) is 24.0 Å². The van der Waals surface area contributed by atoms with Crippen LogP contribution in [-0.2, 0) is 6.54 Å². The van der Waals surface area contributed by atoms with Crippen molar-refractivity contribution >= 4 is 5.69 Å². The molecule has 0 radical (unpaired) electrons. The van der Waals surface area contributed by atoms with Crippen molar-refractivity contribution in [2.45, 2.75) is 52.6 Å². The molecule has 1 atom stereocenters. The van der Waals surface area contributed by atoms with E-state index in [4.69, 9.17) is 0 Å². The Morgan fingerprint density at radius 3 is 2.84 bits per heavy atom. The molecule has 19 heavy (non-hydrogen) atoms. The summed E-state index contributed by atoms with van der Waals surface area (Å²) >= 11 is 0. The van der Waals surface area contributed by atoms with Crippen molar-refractivity contribution in [1.29, 1.82) is 0 Å². The van der Waals surface area contributed by atoms with Crippen LogP contribution in [0.15, 0.2) is 18.5 Å². The molecule has 1 aromatic rings. The summed E-state index contributed by atoms with van der Waals surface area (Å²) in [5, 5.41) is 3.59. The summed E-state index contributed by atoms with van der Waals surface area (Å²) < 4.78 is 0. The Morgan fingerprint density at radius 2 is 2.21 bits per heavy atom. The second kappa shape index (κ2) is 6.90. The largest absolute Gasteiger partial charge is 0.371 e. The molecule has 0 aromatic carbocycles. The number of pyridine rings is 1. The van der Waals surface area contributed by atoms with Crippen LogP contribution in [0.2, 0.25) is 0 Å². The topological polar surface area (TPSA) is 28.2 Å². The molecule has 1 unspecified atom stereocenters. The van der Waals surface area contributed by atoms with E-state index >= 15 is 0 Å². The molecule has 1 heterocycles. The van der Waals surface area contributed by atoms with E-state index in [9.17, 15) is 0 Å². The predicted molar refractivity (Wildman–Crippen MR) is 81.4 cm³/mol. The predicted octanol–water partition coefficient (Wildman–Crippen LogP) is 3.21. The van der Waals surface area contributed by atoms with Gasteiger partial charge in [-0.1, -0.05) is 20.3 Å². The summed E-state index contributed by atoms with van der Waals surface area (Å²) in [6, 6.07) is 2.91. The van der Waals surface area contributed by atoms with Crippen LogP contribution in [0.3, 0.4) is 0 Å². The van der Waals surface area contributed by atoms with Crippen molar-refractivity contribution < 1.29 is 0 Å². The zero-order chi connectivity index (χ0) is 13.7. The quantitative estimate of drug-likeness (QED) is 0.779. The molecule has 1 fully saturated rings. The maximum Gasteiger partial charge on any atom is 0.0442 e. The third-order valence-electron chi connectivity index (χ3n) is 3.99. The summed E-state index contributed by atoms with van der Waals surface area (Å²) in [4.78, 5) is 6.78. The van der Waals surface area contributed by atoms with Gasteiger partial charge in [0.1, 0.15) is 0 Å². The van der Waals surface area contributed by atoms with E-state index in [2.05, 4.69) is 42.0 Å². The maximum atomic E-state index is 4.29. The zero-order valence-corrected chi connectivity index (χ0v) is 12.5. The van der Waals surface area contributed by atoms with Crippen LogP contribution in [0.4, 0.5) is 5.69 Å². The minimum absolute atomic E-state index is 0.734. The molecule has 0 bridgehead atoms. The average molecular weight is 261 g/mol. The Morgan fingerprint density at radius 1 is 1.42 bits per heavy atom. The first-order valence-electron chi connectivity index (χ1n) is 7.65. The van der Waals surface area contributed by atoms with Gasteiger partial charge in [-0.15, -0.1) is 0 Å². The fraction of sp³-hybridized carbons (Fsp3) is 0.688. The minimum Gasteiger partial charge on any atom is -0.371 e. The van der Waals surface area contributed by atoms with Crippen LogP contribution < -0.4 is 10.2 Å². The van der Waals surface area contributed by atoms with Crippen LogP contribution in [-0.4, -0.2) is 24.1 Å². The van der Waals surface area contributed by atoms with Gasteiger partial charge in [-0.25, -0.2) is 0 Å². The number of hydrogen-bond acceptors (Lipinski definition) is 3. The second-order valence-electron chi connectivity index (χ2n) is 5.71. The lowest BCUT2D eigenvalue weighted by Crippen LogP contribution is -2.30. The summed E-state index contributed by atoms with van der Waals surface area (Å²) in [7, 11) is 0. The van der Waals surface area contributed by atoms with Crippen molar-refractivity contribution in [3.8, 4) is 0 Å². The van der Waals surface area contributed by atoms with Crippen LogP contribution >= 0.6 is 0 Å². The highest BCUT2D eigenvalue weighted by Gasteiger charge is 2.21. The van der Waals surface area contributed by atoms with Crippen LogP contribution in [0, 0.1) is 5.92 Å². The Kier molecular flexibility index (Phi) is 5.20. The summed E-state index contributed by atoms with van der Waals surface area (Å²) in [5.74, 6) is 0.734. The molecular formula is C16H27N3. The number of nitrogens with one attached hydrogen (secondary N) is 1. The number of nitrogens with zero attached hydrogens (tertiary/aromatic N) is 2. The lowest BCUT2D eigenvalue weighted by molar-refractivity contribution is 0.546. The smallest absolute Gasteiger partial charge is 0.0442 e. The molecule has 0 spiro atoms. The molecule has 3 heteroatoms. The van der Waals surface area contributed by atoms with E-state index in [1.165, 1.54) is 30.5 Å². The van der Waals surface area contributed by atoms with Gasteiger partial charge in [-0.05, 0) is 31.7 Å². The van der Waals surface area contributed by atoms with Gasteiger partial charge < -0.3 is 10.2 Å². The van der Waals surface area contributed by atoms with E-state index in [0.29, 0.717) is 0 Å². The van der Waals surface area contributed by atoms with Crippen LogP contribution in [0.5, 0.6) is 0 Å². The molecule has 3 nitrogen and oxygen atoms in total. The lowest BCUT2D eigenvalue weighted by Gasteiger charge is -2.28. The normalized spacial score (nSPS) is 16.4. The molecule has 2 rings (SSSR count). The fourth-order valence-electron chi connectivity index (χ4n) is 2.31. The molecule has 1 saturated carbocycles. The monoisotopic (exact) mass is 261 g/mol. The summed E-state index contributed by atoms with van der Waals surface area (Å²) in [6.07, 6.45) is 7.83. The fourth-order valence-corrected chi connectivity index (χ4v) is 2.31. The molecule has 1 aliphatic carbocycles. The number of hydrogen-bond donors (Lipinski definition) is 1. The van der Waals surface area contributed by atoms with Crippen LogP contribution in [0.25, 0.3) is 0 Å². The Bertz CT molecular complexity index is 387. The zero-order valence-electron chi connectivity index (χ0n) is 12.5. The second-order valence-corrected chi connectivity index (χ2v) is 5.71. The van der Waals surface area contributed by atoms with E-state index in [-0.39, 0.29) is 0 Å². The summed E-state index contributed by atoms with van der Waals surface area (Å²) in [5.41, 5.74) is 2.69. The molecule has 106 valence electrons. The maximum absolute atomic E-state index is 4.29. The van der Waals surface area contributed by atoms with Gasteiger partial charge in [0.25, 0.3) is 0 Å². The Balaban J connectivity index is 2.06. The van der Waals surface area contributed by atoms with Gasteiger partial charge in [-0.3, -0.25) is 4.98 Å². The standard InChI is InChI=1S/C16H27N3/c1-4-13(3)12-19(5-2)16-8-9-17-10-14(16)11-18-15-6-7-15/h8-10,13,15,18H,4-7,11-12H2,1-3H3. The van der Waals surface area contributed by atoms with Gasteiger partial charge >= 0.3 is 0 Å². The number of rotatable bonds is 8. The Hall–Kier alpha value is -1.09. The van der Waals surface area contributed by atoms with Gasteiger partial charge in [-0.2, -0.15) is 0 Å². The molecule has 1 aromatic heterocycles. The van der Waals surface area contributed by atoms with Crippen molar-refractivity contribution in [2.75, 3.05) is 18.0 Å². The van der Waals surface area contributed by atoms with Crippen molar-refractivity contribution in [2.24, 2.45) is 5.92 Å². The molecule has 0 amide bonds. The molecule has 0 aliphatic heterocycles. The third-order valence-corrected chi connectivity index (χ3v) is 3.99. The highest BCUT2D eigenvalue weighted by Crippen LogP contribution is 2.24. The summed E-state index contributed by atoms with van der Waals surface area (Å²) in [6.45, 7) is 9.97. The number of aromatic nitrogens is 1. The van der Waals surface area contributed by atoms with Gasteiger partial charge in [0.05, 0.1) is 0 Å². The Labute approximate surface area is 117 Å². The van der Waals surface area contributed by atoms with Gasteiger partial charge in [0, 0.05) is 49.3 Å². The SMILES string of the molecule is CCC(C)CN(CC)c1ccncc1CNC1CC1. The highest BCUT2D eigenvalue weighted by molar-refractivity contribution is 5.52. The molecule has 1 aliphatic rings. The average Bonchev–Trinajstić information content (AvgIpc) is 3.27.